The van der Waals surface area contributed by atoms with E-state index in [1.165, 1.54) is 24.2 Å². The SMILES string of the molecule is COc1ccc(C2OCCO2)c2c1O[C@H]1C(=O)C=CC(=O)[C@@]21CCN(C)C=O. The Morgan fingerprint density at radius 2 is 2.00 bits per heavy atom. The number of ether oxygens (including phenoxy) is 4. The number of rotatable bonds is 6. The molecule has 0 aromatic heterocycles. The van der Waals surface area contributed by atoms with Crippen molar-refractivity contribution in [3.8, 4) is 11.5 Å². The molecule has 1 fully saturated rings. The van der Waals surface area contributed by atoms with Gasteiger partial charge >= 0.3 is 0 Å². The van der Waals surface area contributed by atoms with Crippen LogP contribution in [0.15, 0.2) is 24.3 Å². The van der Waals surface area contributed by atoms with Crippen LogP contribution in [0.3, 0.4) is 0 Å². The highest BCUT2D eigenvalue weighted by atomic mass is 16.7. The van der Waals surface area contributed by atoms with E-state index in [0.717, 1.165) is 0 Å². The van der Waals surface area contributed by atoms with E-state index in [0.29, 0.717) is 42.2 Å². The summed E-state index contributed by atoms with van der Waals surface area (Å²) in [6.07, 6.45) is 1.77. The van der Waals surface area contributed by atoms with Gasteiger partial charge in [-0.1, -0.05) is 0 Å². The standard InChI is InChI=1S/C20H21NO7/c1-21(11-22)8-7-20-15(24)6-4-13(23)18(20)28-17-14(25-2)5-3-12(16(17)20)19-26-9-10-27-19/h3-6,11,18-19H,7-10H2,1-2H3/t18-,20-/m0/s1. The molecule has 0 saturated carbocycles. The molecule has 0 N–H and O–H groups in total. The lowest BCUT2D eigenvalue weighted by molar-refractivity contribution is -0.133. The number of fused-ring (bicyclic) bond motifs is 3. The second-order valence-electron chi connectivity index (χ2n) is 7.04. The van der Waals surface area contributed by atoms with Crippen LogP contribution in [0.4, 0.5) is 0 Å². The van der Waals surface area contributed by atoms with Crippen molar-refractivity contribution < 1.29 is 33.3 Å². The number of nitrogens with zero attached hydrogens (tertiary/aromatic N) is 1. The zero-order valence-electron chi connectivity index (χ0n) is 15.7. The Morgan fingerprint density at radius 3 is 2.68 bits per heavy atom. The Balaban J connectivity index is 1.92. The number of amides is 1. The molecular formula is C20H21NO7. The van der Waals surface area contributed by atoms with Gasteiger partial charge in [0.05, 0.1) is 20.3 Å². The minimum Gasteiger partial charge on any atom is -0.493 e. The van der Waals surface area contributed by atoms with Crippen LogP contribution in [0.25, 0.3) is 0 Å². The Kier molecular flexibility index (Phi) is 4.68. The Morgan fingerprint density at radius 1 is 1.25 bits per heavy atom. The molecule has 2 atom stereocenters. The molecule has 8 nitrogen and oxygen atoms in total. The lowest BCUT2D eigenvalue weighted by Crippen LogP contribution is -2.52. The summed E-state index contributed by atoms with van der Waals surface area (Å²) in [4.78, 5) is 38.5. The van der Waals surface area contributed by atoms with Gasteiger partial charge in [-0.15, -0.1) is 0 Å². The first-order valence-corrected chi connectivity index (χ1v) is 9.06. The van der Waals surface area contributed by atoms with E-state index in [1.807, 2.05) is 0 Å². The van der Waals surface area contributed by atoms with E-state index >= 15 is 0 Å². The molecule has 1 aromatic rings. The van der Waals surface area contributed by atoms with Gasteiger partial charge in [-0.25, -0.2) is 0 Å². The Labute approximate surface area is 162 Å². The first-order valence-electron chi connectivity index (χ1n) is 9.06. The van der Waals surface area contributed by atoms with Crippen molar-refractivity contribution in [3.05, 3.63) is 35.4 Å². The normalized spacial score (nSPS) is 26.0. The molecule has 1 saturated heterocycles. The molecular weight excluding hydrogens is 366 g/mol. The van der Waals surface area contributed by atoms with Crippen LogP contribution in [-0.4, -0.2) is 62.9 Å². The zero-order valence-corrected chi connectivity index (χ0v) is 15.7. The van der Waals surface area contributed by atoms with Gasteiger partial charge in [0, 0.05) is 24.7 Å². The molecule has 4 rings (SSSR count). The Bertz CT molecular complexity index is 858. The first kappa shape index (κ1) is 18.6. The minimum absolute atomic E-state index is 0.224. The summed E-state index contributed by atoms with van der Waals surface area (Å²) in [5.41, 5.74) is -0.0794. The van der Waals surface area contributed by atoms with E-state index in [-0.39, 0.29) is 24.5 Å². The fourth-order valence-corrected chi connectivity index (χ4v) is 4.13. The van der Waals surface area contributed by atoms with Crippen molar-refractivity contribution in [2.45, 2.75) is 24.2 Å². The minimum atomic E-state index is -1.27. The molecule has 1 amide bonds. The lowest BCUT2D eigenvalue weighted by Gasteiger charge is -2.35. The highest BCUT2D eigenvalue weighted by Gasteiger charge is 2.60. The summed E-state index contributed by atoms with van der Waals surface area (Å²) in [6.45, 7) is 1.14. The predicted octanol–water partition coefficient (Wildman–Crippen LogP) is 0.926. The van der Waals surface area contributed by atoms with Crippen molar-refractivity contribution in [1.82, 2.24) is 4.90 Å². The number of ketones is 2. The number of methoxy groups -OCH3 is 1. The summed E-state index contributed by atoms with van der Waals surface area (Å²) < 4.78 is 22.8. The van der Waals surface area contributed by atoms with Crippen LogP contribution in [0, 0.1) is 0 Å². The number of allylic oxidation sites excluding steroid dienone is 1. The third-order valence-electron chi connectivity index (χ3n) is 5.51. The van der Waals surface area contributed by atoms with Crippen LogP contribution in [0.5, 0.6) is 11.5 Å². The molecule has 148 valence electrons. The quantitative estimate of drug-likeness (QED) is 0.671. The van der Waals surface area contributed by atoms with Crippen molar-refractivity contribution in [2.24, 2.45) is 0 Å². The van der Waals surface area contributed by atoms with Crippen LogP contribution in [0.2, 0.25) is 0 Å². The summed E-state index contributed by atoms with van der Waals surface area (Å²) in [6, 6.07) is 3.49. The van der Waals surface area contributed by atoms with E-state index in [9.17, 15) is 14.4 Å². The summed E-state index contributed by atoms with van der Waals surface area (Å²) in [5.74, 6) is 0.228. The molecule has 0 spiro atoms. The monoisotopic (exact) mass is 387 g/mol. The van der Waals surface area contributed by atoms with Crippen LogP contribution in [0.1, 0.15) is 23.8 Å². The second kappa shape index (κ2) is 7.03. The maximum Gasteiger partial charge on any atom is 0.209 e. The van der Waals surface area contributed by atoms with Crippen molar-refractivity contribution in [2.75, 3.05) is 33.9 Å². The largest absolute Gasteiger partial charge is 0.493 e. The van der Waals surface area contributed by atoms with Gasteiger partial charge in [0.25, 0.3) is 0 Å². The summed E-state index contributed by atoms with van der Waals surface area (Å²) >= 11 is 0. The maximum atomic E-state index is 13.2. The molecule has 0 radical (unpaired) electrons. The second-order valence-corrected chi connectivity index (χ2v) is 7.04. The molecule has 1 aliphatic carbocycles. The van der Waals surface area contributed by atoms with Gasteiger partial charge in [-0.05, 0) is 30.7 Å². The molecule has 0 bridgehead atoms. The highest BCUT2D eigenvalue weighted by molar-refractivity contribution is 6.15. The van der Waals surface area contributed by atoms with Gasteiger partial charge in [0.15, 0.2) is 35.5 Å². The average molecular weight is 387 g/mol. The van der Waals surface area contributed by atoms with E-state index in [1.54, 1.807) is 19.2 Å². The summed E-state index contributed by atoms with van der Waals surface area (Å²) in [7, 11) is 3.12. The van der Waals surface area contributed by atoms with Crippen molar-refractivity contribution >= 4 is 18.0 Å². The van der Waals surface area contributed by atoms with Gasteiger partial charge in [0.1, 0.15) is 5.41 Å². The first-order chi connectivity index (χ1) is 13.5. The van der Waals surface area contributed by atoms with Gasteiger partial charge in [0.2, 0.25) is 6.41 Å². The number of hydrogen-bond donors (Lipinski definition) is 0. The van der Waals surface area contributed by atoms with Gasteiger partial charge in [-0.3, -0.25) is 14.4 Å². The van der Waals surface area contributed by atoms with Gasteiger partial charge in [-0.2, -0.15) is 0 Å². The Hall–Kier alpha value is -2.71. The van der Waals surface area contributed by atoms with Crippen LogP contribution >= 0.6 is 0 Å². The number of benzene rings is 1. The van der Waals surface area contributed by atoms with E-state index in [4.69, 9.17) is 18.9 Å². The van der Waals surface area contributed by atoms with Crippen LogP contribution < -0.4 is 9.47 Å². The predicted molar refractivity (Wildman–Crippen MR) is 96.2 cm³/mol. The molecule has 3 aliphatic rings. The molecule has 28 heavy (non-hydrogen) atoms. The lowest BCUT2D eigenvalue weighted by atomic mass is 9.66. The molecule has 8 heteroatoms. The number of carbonyl (C=O) groups is 3. The highest BCUT2D eigenvalue weighted by Crippen LogP contribution is 2.55. The molecule has 0 unspecified atom stereocenters. The molecule has 2 aliphatic heterocycles. The fraction of sp³-hybridized carbons (Fsp3) is 0.450. The third-order valence-corrected chi connectivity index (χ3v) is 5.51. The van der Waals surface area contributed by atoms with Crippen molar-refractivity contribution in [1.29, 1.82) is 0 Å². The average Bonchev–Trinajstić information content (AvgIpc) is 3.36. The van der Waals surface area contributed by atoms with Crippen molar-refractivity contribution in [3.63, 3.8) is 0 Å². The zero-order chi connectivity index (χ0) is 19.9. The van der Waals surface area contributed by atoms with E-state index in [2.05, 4.69) is 0 Å². The number of carbonyl (C=O) groups excluding carboxylic acids is 3. The van der Waals surface area contributed by atoms with E-state index < -0.39 is 17.8 Å². The molecule has 2 heterocycles. The third kappa shape index (κ3) is 2.63. The van der Waals surface area contributed by atoms with Crippen LogP contribution in [-0.2, 0) is 29.3 Å². The number of hydrogen-bond acceptors (Lipinski definition) is 7. The topological polar surface area (TPSA) is 91.4 Å². The summed E-state index contributed by atoms with van der Waals surface area (Å²) in [5, 5.41) is 0. The van der Waals surface area contributed by atoms with Gasteiger partial charge < -0.3 is 23.8 Å². The fourth-order valence-electron chi connectivity index (χ4n) is 4.13. The smallest absolute Gasteiger partial charge is 0.209 e. The molecule has 1 aromatic carbocycles. The maximum absolute atomic E-state index is 13.2.